The van der Waals surface area contributed by atoms with E-state index in [1.807, 2.05) is 35.8 Å². The van der Waals surface area contributed by atoms with Crippen LogP contribution in [0.1, 0.15) is 16.8 Å². The molecule has 0 saturated carbocycles. The molecule has 4 heteroatoms. The van der Waals surface area contributed by atoms with E-state index in [9.17, 15) is 0 Å². The molecule has 0 aliphatic rings. The highest BCUT2D eigenvalue weighted by atomic mass is 32.2. The number of hydrogen-bond donors (Lipinski definition) is 0. The van der Waals surface area contributed by atoms with Gasteiger partial charge in [0.25, 0.3) is 0 Å². The van der Waals surface area contributed by atoms with Gasteiger partial charge in [0.05, 0.1) is 5.69 Å². The summed E-state index contributed by atoms with van der Waals surface area (Å²) in [5, 5.41) is 0. The first-order valence-corrected chi connectivity index (χ1v) is 11.1. The van der Waals surface area contributed by atoms with E-state index in [2.05, 4.69) is 83.1 Å². The smallest absolute Gasteiger partial charge is 0.0544 e. The zero-order chi connectivity index (χ0) is 18.2. The number of pyridine rings is 1. The maximum absolute atomic E-state index is 4.53. The molecule has 0 spiro atoms. The minimum atomic E-state index is 0.840. The van der Waals surface area contributed by atoms with Crippen molar-refractivity contribution in [3.8, 4) is 0 Å². The van der Waals surface area contributed by atoms with Gasteiger partial charge in [-0.3, -0.25) is 9.88 Å². The fourth-order valence-electron chi connectivity index (χ4n) is 3.04. The Bertz CT molecular complexity index is 772. The number of aromatic nitrogens is 1. The van der Waals surface area contributed by atoms with Gasteiger partial charge in [-0.1, -0.05) is 42.5 Å². The topological polar surface area (TPSA) is 16.1 Å². The first kappa shape index (κ1) is 19.0. The molecule has 0 fully saturated rings. The van der Waals surface area contributed by atoms with Gasteiger partial charge >= 0.3 is 0 Å². The van der Waals surface area contributed by atoms with E-state index in [0.29, 0.717) is 0 Å². The van der Waals surface area contributed by atoms with E-state index < -0.39 is 0 Å². The molecule has 0 saturated heterocycles. The summed E-state index contributed by atoms with van der Waals surface area (Å²) in [5.74, 6) is 0. The second kappa shape index (κ2) is 9.81. The fourth-order valence-corrected chi connectivity index (χ4v) is 4.26. The highest BCUT2D eigenvalue weighted by Crippen LogP contribution is 2.25. The molecule has 0 bridgehead atoms. The molecule has 2 nitrogen and oxygen atoms in total. The third-order valence-electron chi connectivity index (χ3n) is 4.28. The molecule has 0 aliphatic carbocycles. The summed E-state index contributed by atoms with van der Waals surface area (Å²) in [6.45, 7) is 2.67. The molecule has 0 unspecified atom stereocenters. The Balaban J connectivity index is 1.86. The Labute approximate surface area is 165 Å². The van der Waals surface area contributed by atoms with Gasteiger partial charge in [-0.05, 0) is 47.9 Å². The average Bonchev–Trinajstić information content (AvgIpc) is 2.69. The van der Waals surface area contributed by atoms with Crippen molar-refractivity contribution >= 4 is 23.5 Å². The number of nitrogens with zero attached hydrogens (tertiary/aromatic N) is 2. The molecule has 134 valence electrons. The van der Waals surface area contributed by atoms with Gasteiger partial charge < -0.3 is 0 Å². The van der Waals surface area contributed by atoms with Crippen LogP contribution in [-0.4, -0.2) is 22.4 Å². The monoisotopic (exact) mass is 380 g/mol. The Kier molecular flexibility index (Phi) is 7.18. The molecule has 0 atom stereocenters. The fraction of sp³-hybridized carbons (Fsp3) is 0.227. The minimum Gasteiger partial charge on any atom is -0.289 e. The summed E-state index contributed by atoms with van der Waals surface area (Å²) >= 11 is 3.62. The maximum Gasteiger partial charge on any atom is 0.0544 e. The van der Waals surface area contributed by atoms with E-state index >= 15 is 0 Å². The van der Waals surface area contributed by atoms with Crippen molar-refractivity contribution in [3.63, 3.8) is 0 Å². The van der Waals surface area contributed by atoms with Crippen molar-refractivity contribution in [3.05, 3.63) is 89.7 Å². The Morgan fingerprint density at radius 1 is 0.692 bits per heavy atom. The summed E-state index contributed by atoms with van der Waals surface area (Å²) in [5.41, 5.74) is 3.85. The highest BCUT2D eigenvalue weighted by molar-refractivity contribution is 7.98. The van der Waals surface area contributed by atoms with Crippen molar-refractivity contribution < 1.29 is 0 Å². The molecule has 0 aliphatic heterocycles. The maximum atomic E-state index is 4.53. The molecule has 0 N–H and O–H groups in total. The molecule has 26 heavy (non-hydrogen) atoms. The van der Waals surface area contributed by atoms with Crippen molar-refractivity contribution in [2.45, 2.75) is 29.4 Å². The third-order valence-corrected chi connectivity index (χ3v) is 5.96. The first-order valence-electron chi connectivity index (χ1n) is 8.66. The van der Waals surface area contributed by atoms with Crippen LogP contribution in [0.3, 0.4) is 0 Å². The lowest BCUT2D eigenvalue weighted by atomic mass is 10.1. The largest absolute Gasteiger partial charge is 0.289 e. The summed E-state index contributed by atoms with van der Waals surface area (Å²) < 4.78 is 0. The van der Waals surface area contributed by atoms with Crippen LogP contribution in [0.25, 0.3) is 0 Å². The van der Waals surface area contributed by atoms with Gasteiger partial charge in [0.1, 0.15) is 0 Å². The van der Waals surface area contributed by atoms with Gasteiger partial charge in [0.15, 0.2) is 0 Å². The lowest BCUT2D eigenvalue weighted by Gasteiger charge is -2.24. The summed E-state index contributed by atoms with van der Waals surface area (Å²) in [7, 11) is 0. The Hall–Kier alpha value is -1.75. The molecular weight excluding hydrogens is 356 g/mol. The van der Waals surface area contributed by atoms with E-state index in [4.69, 9.17) is 0 Å². The van der Waals surface area contributed by atoms with Crippen LogP contribution >= 0.6 is 23.5 Å². The van der Waals surface area contributed by atoms with Gasteiger partial charge in [0.2, 0.25) is 0 Å². The summed E-state index contributed by atoms with van der Waals surface area (Å²) in [4.78, 5) is 9.70. The van der Waals surface area contributed by atoms with Gasteiger partial charge in [-0.2, -0.15) is 0 Å². The lowest BCUT2D eigenvalue weighted by molar-refractivity contribution is 0.241. The van der Waals surface area contributed by atoms with Crippen LogP contribution < -0.4 is 0 Å². The molecule has 1 heterocycles. The normalized spacial score (nSPS) is 11.0. The van der Waals surface area contributed by atoms with Crippen LogP contribution in [0, 0.1) is 0 Å². The van der Waals surface area contributed by atoms with Crippen LogP contribution in [0.4, 0.5) is 0 Å². The zero-order valence-corrected chi connectivity index (χ0v) is 16.9. The summed E-state index contributed by atoms with van der Waals surface area (Å²) in [6, 6.07) is 23.5. The molecule has 3 aromatic rings. The number of benzene rings is 2. The molecule has 0 radical (unpaired) electrons. The first-order chi connectivity index (χ1) is 12.8. The van der Waals surface area contributed by atoms with Crippen LogP contribution in [-0.2, 0) is 19.6 Å². The van der Waals surface area contributed by atoms with Crippen molar-refractivity contribution in [1.29, 1.82) is 0 Å². The molecule has 1 aromatic heterocycles. The van der Waals surface area contributed by atoms with Crippen molar-refractivity contribution in [2.75, 3.05) is 12.5 Å². The second-order valence-electron chi connectivity index (χ2n) is 6.09. The van der Waals surface area contributed by atoms with Crippen LogP contribution in [0.2, 0.25) is 0 Å². The zero-order valence-electron chi connectivity index (χ0n) is 15.3. The van der Waals surface area contributed by atoms with Crippen molar-refractivity contribution in [2.24, 2.45) is 0 Å². The molecule has 2 aromatic carbocycles. The van der Waals surface area contributed by atoms with Crippen molar-refractivity contribution in [1.82, 2.24) is 9.88 Å². The number of rotatable bonds is 8. The highest BCUT2D eigenvalue weighted by Gasteiger charge is 2.13. The number of hydrogen-bond acceptors (Lipinski definition) is 4. The average molecular weight is 381 g/mol. The Morgan fingerprint density at radius 2 is 1.23 bits per heavy atom. The molecular formula is C22H24N2S2. The molecule has 0 amide bonds. The summed E-state index contributed by atoms with van der Waals surface area (Å²) in [6.07, 6.45) is 6.16. The van der Waals surface area contributed by atoms with Crippen LogP contribution in [0.5, 0.6) is 0 Å². The predicted octanol–water partition coefficient (Wildman–Crippen LogP) is 5.73. The van der Waals surface area contributed by atoms with Gasteiger partial charge in [-0.15, -0.1) is 23.5 Å². The van der Waals surface area contributed by atoms with Gasteiger partial charge in [0, 0.05) is 35.6 Å². The SMILES string of the molecule is CSc1ccccc1CN(Cc1ccccn1)Cc1ccccc1SC. The van der Waals surface area contributed by atoms with E-state index in [1.54, 1.807) is 0 Å². The second-order valence-corrected chi connectivity index (χ2v) is 7.79. The minimum absolute atomic E-state index is 0.840. The standard InChI is InChI=1S/C22H24N2S2/c1-25-21-12-5-3-9-18(21)15-24(17-20-11-7-8-14-23-20)16-19-10-4-6-13-22(19)26-2/h3-14H,15-17H2,1-2H3. The quantitative estimate of drug-likeness (QED) is 0.464. The van der Waals surface area contributed by atoms with E-state index in [-0.39, 0.29) is 0 Å². The van der Waals surface area contributed by atoms with E-state index in [1.165, 1.54) is 20.9 Å². The number of thioether (sulfide) groups is 2. The van der Waals surface area contributed by atoms with E-state index in [0.717, 1.165) is 25.3 Å². The third kappa shape index (κ3) is 5.13. The molecule has 3 rings (SSSR count). The lowest BCUT2D eigenvalue weighted by Crippen LogP contribution is -2.23. The Morgan fingerprint density at radius 3 is 1.73 bits per heavy atom. The van der Waals surface area contributed by atoms with Crippen LogP contribution in [0.15, 0.2) is 82.7 Å². The van der Waals surface area contributed by atoms with Gasteiger partial charge in [-0.25, -0.2) is 0 Å². The predicted molar refractivity (Wildman–Crippen MR) is 114 cm³/mol.